The van der Waals surface area contributed by atoms with Crippen LogP contribution in [0.25, 0.3) is 0 Å². The topological polar surface area (TPSA) is 113 Å². The molecule has 0 spiro atoms. The number of rotatable bonds is 8. The Kier molecular flexibility index (Phi) is 10.1. The van der Waals surface area contributed by atoms with Crippen LogP contribution >= 0.6 is 11.6 Å². The monoisotopic (exact) mass is 632 g/mol. The Labute approximate surface area is 249 Å². The standard InChI is InChI=1S/C28H36ClF3N4O5S/c1-6-42(39,40)36(15-18-8-7-9-20(29)12-18)25(37)22-14-23(28(30,31)32)19(13-24(22)33)16-35-11-10-21(17-35)34(5)26(38)41-27(2,3)4/h7-9,12-14,21H,6,10-11,15-17,33H2,1-5H3. The van der Waals surface area contributed by atoms with Gasteiger partial charge in [-0.3, -0.25) is 9.69 Å². The largest absolute Gasteiger partial charge is 0.444 e. The summed E-state index contributed by atoms with van der Waals surface area (Å²) in [5, 5.41) is 0.304. The maximum atomic E-state index is 14.3. The number of anilines is 1. The number of nitrogens with zero attached hydrogens (tertiary/aromatic N) is 3. The summed E-state index contributed by atoms with van der Waals surface area (Å²) >= 11 is 6.00. The molecule has 42 heavy (non-hydrogen) atoms. The fourth-order valence-electron chi connectivity index (χ4n) is 4.63. The summed E-state index contributed by atoms with van der Waals surface area (Å²) in [6.07, 6.45) is -4.86. The number of nitrogen functional groups attached to an aromatic ring is 1. The van der Waals surface area contributed by atoms with Gasteiger partial charge in [-0.15, -0.1) is 0 Å². The Bertz CT molecular complexity index is 1430. The third kappa shape index (κ3) is 8.29. The molecule has 0 aromatic heterocycles. The summed E-state index contributed by atoms with van der Waals surface area (Å²) in [5.74, 6) is -1.64. The van der Waals surface area contributed by atoms with Crippen LogP contribution in [0.3, 0.4) is 0 Å². The van der Waals surface area contributed by atoms with Crippen molar-refractivity contribution in [1.82, 2.24) is 14.1 Å². The van der Waals surface area contributed by atoms with Gasteiger partial charge >= 0.3 is 12.3 Å². The minimum atomic E-state index is -4.86. The zero-order chi connectivity index (χ0) is 31.6. The van der Waals surface area contributed by atoms with Crippen LogP contribution in [0.2, 0.25) is 5.02 Å². The summed E-state index contributed by atoms with van der Waals surface area (Å²) in [4.78, 5) is 29.1. The number of nitrogens with two attached hydrogens (primary N) is 1. The van der Waals surface area contributed by atoms with Gasteiger partial charge in [-0.2, -0.15) is 13.2 Å². The second-order valence-corrected chi connectivity index (χ2v) is 13.8. The number of halogens is 4. The average molecular weight is 633 g/mol. The number of likely N-dealkylation sites (tertiary alicyclic amines) is 1. The molecule has 0 saturated carbocycles. The maximum Gasteiger partial charge on any atom is 0.416 e. The highest BCUT2D eigenvalue weighted by molar-refractivity contribution is 7.89. The van der Waals surface area contributed by atoms with Gasteiger partial charge < -0.3 is 15.4 Å². The van der Waals surface area contributed by atoms with E-state index in [0.717, 1.165) is 6.07 Å². The van der Waals surface area contributed by atoms with E-state index in [9.17, 15) is 31.2 Å². The van der Waals surface area contributed by atoms with Crippen LogP contribution in [0.15, 0.2) is 36.4 Å². The number of hydrogen-bond acceptors (Lipinski definition) is 7. The number of carbonyl (C=O) groups is 2. The Hall–Kier alpha value is -3.03. The average Bonchev–Trinajstić information content (AvgIpc) is 3.33. The van der Waals surface area contributed by atoms with Crippen LogP contribution in [0.5, 0.6) is 0 Å². The van der Waals surface area contributed by atoms with Crippen molar-refractivity contribution in [3.63, 3.8) is 0 Å². The van der Waals surface area contributed by atoms with E-state index >= 15 is 0 Å². The molecule has 2 N–H and O–H groups in total. The van der Waals surface area contributed by atoms with Crippen molar-refractivity contribution in [2.45, 2.75) is 65.0 Å². The highest BCUT2D eigenvalue weighted by atomic mass is 35.5. The molecule has 1 heterocycles. The molecule has 2 aromatic carbocycles. The SMILES string of the molecule is CCS(=O)(=O)N(Cc1cccc(Cl)c1)C(=O)c1cc(C(F)(F)F)c(CN2CCC(N(C)C(=O)OC(C)(C)C)C2)cc1N. The number of benzene rings is 2. The number of hydrogen-bond donors (Lipinski definition) is 1. The van der Waals surface area contributed by atoms with E-state index in [2.05, 4.69) is 0 Å². The quantitative estimate of drug-likeness (QED) is 0.389. The van der Waals surface area contributed by atoms with Crippen LogP contribution in [0.1, 0.15) is 61.2 Å². The van der Waals surface area contributed by atoms with Gasteiger partial charge in [0.05, 0.1) is 23.4 Å². The molecule has 1 saturated heterocycles. The normalized spacial score (nSPS) is 16.4. The smallest absolute Gasteiger partial charge is 0.416 e. The molecule has 1 aliphatic heterocycles. The fraction of sp³-hybridized carbons (Fsp3) is 0.500. The van der Waals surface area contributed by atoms with E-state index in [1.54, 1.807) is 50.9 Å². The summed E-state index contributed by atoms with van der Waals surface area (Å²) < 4.78 is 74.5. The number of likely N-dealkylation sites (N-methyl/N-ethyl adjacent to an activating group) is 1. The van der Waals surface area contributed by atoms with Crippen LogP contribution in [-0.2, 0) is 34.0 Å². The van der Waals surface area contributed by atoms with Gasteiger partial charge in [-0.05, 0) is 69.5 Å². The van der Waals surface area contributed by atoms with E-state index in [1.165, 1.54) is 17.9 Å². The fourth-order valence-corrected chi connectivity index (χ4v) is 5.85. The predicted octanol–water partition coefficient (Wildman–Crippen LogP) is 5.37. The van der Waals surface area contributed by atoms with Gasteiger partial charge in [0, 0.05) is 43.4 Å². The van der Waals surface area contributed by atoms with Gasteiger partial charge in [0.1, 0.15) is 5.60 Å². The summed E-state index contributed by atoms with van der Waals surface area (Å²) in [6, 6.07) is 7.56. The molecule has 2 amide bonds. The Balaban J connectivity index is 1.90. The minimum Gasteiger partial charge on any atom is -0.444 e. The molecule has 1 atom stereocenters. The lowest BCUT2D eigenvalue weighted by Crippen LogP contribution is -2.42. The lowest BCUT2D eigenvalue weighted by molar-refractivity contribution is -0.138. The first-order valence-corrected chi connectivity index (χ1v) is 15.3. The first-order valence-electron chi connectivity index (χ1n) is 13.3. The molecule has 1 fully saturated rings. The predicted molar refractivity (Wildman–Crippen MR) is 154 cm³/mol. The molecule has 14 heteroatoms. The summed E-state index contributed by atoms with van der Waals surface area (Å²) in [7, 11) is -2.61. The van der Waals surface area contributed by atoms with Gasteiger partial charge in [-0.25, -0.2) is 17.5 Å². The summed E-state index contributed by atoms with van der Waals surface area (Å²) in [5.41, 5.74) is 3.66. The van der Waals surface area contributed by atoms with Crippen LogP contribution in [-0.4, -0.2) is 72.1 Å². The number of amides is 2. The highest BCUT2D eigenvalue weighted by Crippen LogP contribution is 2.36. The van der Waals surface area contributed by atoms with Crippen LogP contribution < -0.4 is 5.73 Å². The molecule has 232 valence electrons. The Morgan fingerprint density at radius 1 is 1.17 bits per heavy atom. The molecule has 1 unspecified atom stereocenters. The van der Waals surface area contributed by atoms with Gasteiger partial charge in [0.25, 0.3) is 5.91 Å². The Morgan fingerprint density at radius 2 is 1.83 bits per heavy atom. The molecule has 0 radical (unpaired) electrons. The third-order valence-corrected chi connectivity index (χ3v) is 8.76. The van der Waals surface area contributed by atoms with Crippen LogP contribution in [0.4, 0.5) is 23.7 Å². The van der Waals surface area contributed by atoms with Crippen molar-refractivity contribution in [3.8, 4) is 0 Å². The van der Waals surface area contributed by atoms with Crippen molar-refractivity contribution in [2.24, 2.45) is 0 Å². The second-order valence-electron chi connectivity index (χ2n) is 11.2. The first kappa shape index (κ1) is 33.5. The molecule has 0 aliphatic carbocycles. The van der Waals surface area contributed by atoms with Gasteiger partial charge in [-0.1, -0.05) is 23.7 Å². The Morgan fingerprint density at radius 3 is 2.40 bits per heavy atom. The van der Waals surface area contributed by atoms with Crippen LogP contribution in [0, 0.1) is 0 Å². The molecule has 0 bridgehead atoms. The maximum absolute atomic E-state index is 14.3. The molecular weight excluding hydrogens is 597 g/mol. The van der Waals surface area contributed by atoms with E-state index in [-0.39, 0.29) is 23.8 Å². The molecule has 9 nitrogen and oxygen atoms in total. The van der Waals surface area contributed by atoms with Crippen molar-refractivity contribution in [3.05, 3.63) is 63.7 Å². The van der Waals surface area contributed by atoms with Crippen molar-refractivity contribution >= 4 is 39.3 Å². The van der Waals surface area contributed by atoms with E-state index in [4.69, 9.17) is 22.1 Å². The third-order valence-electron chi connectivity index (χ3n) is 6.82. The van der Waals surface area contributed by atoms with Crippen molar-refractivity contribution in [2.75, 3.05) is 31.6 Å². The molecule has 1 aliphatic rings. The number of carbonyl (C=O) groups excluding carboxylic acids is 2. The highest BCUT2D eigenvalue weighted by Gasteiger charge is 2.38. The first-order chi connectivity index (χ1) is 19.3. The zero-order valence-electron chi connectivity index (χ0n) is 24.2. The lowest BCUT2D eigenvalue weighted by atomic mass is 10.00. The van der Waals surface area contributed by atoms with E-state index in [0.29, 0.717) is 40.5 Å². The van der Waals surface area contributed by atoms with E-state index in [1.807, 2.05) is 0 Å². The summed E-state index contributed by atoms with van der Waals surface area (Å²) in [6.45, 7) is 6.69. The molecular formula is C28H36ClF3N4O5S. The second kappa shape index (κ2) is 12.7. The molecule has 2 aromatic rings. The lowest BCUT2D eigenvalue weighted by Gasteiger charge is -2.29. The zero-order valence-corrected chi connectivity index (χ0v) is 25.7. The molecule has 3 rings (SSSR count). The van der Waals surface area contributed by atoms with Crippen molar-refractivity contribution in [1.29, 1.82) is 0 Å². The minimum absolute atomic E-state index is 0.147. The van der Waals surface area contributed by atoms with Crippen molar-refractivity contribution < 1.29 is 35.9 Å². The van der Waals surface area contributed by atoms with Gasteiger partial charge in [0.15, 0.2) is 0 Å². The number of ether oxygens (including phenoxy) is 1. The van der Waals surface area contributed by atoms with E-state index < -0.39 is 57.2 Å². The van der Waals surface area contributed by atoms with Gasteiger partial charge in [0.2, 0.25) is 10.0 Å². The number of sulfonamides is 1. The number of alkyl halides is 3.